The Labute approximate surface area is 164 Å². The van der Waals surface area contributed by atoms with Gasteiger partial charge in [0, 0.05) is 22.7 Å². The zero-order chi connectivity index (χ0) is 21.7. The summed E-state index contributed by atoms with van der Waals surface area (Å²) in [6.07, 6.45) is 0. The first-order valence-electron chi connectivity index (χ1n) is 7.75. The number of aromatic hydroxyl groups is 1. The van der Waals surface area contributed by atoms with Crippen molar-refractivity contribution in [2.24, 2.45) is 0 Å². The molecule has 12 heteroatoms. The molecule has 0 saturated heterocycles. The number of hydrogen-bond acceptors (Lipinski definition) is 8. The van der Waals surface area contributed by atoms with E-state index in [0.717, 1.165) is 12.1 Å². The number of carbonyl (C=O) groups excluding carboxylic acids is 1. The molecule has 3 aromatic rings. The molecule has 0 radical (unpaired) electrons. The Hall–Kier alpha value is -3.19. The SMILES string of the molecule is Nc1ccccc1C(=O)c1c(N)c(S(=O)(=O)O)cc2cc(S(=O)(=O)O)cc(O)c12. The lowest BCUT2D eigenvalue weighted by molar-refractivity contribution is 0.104. The van der Waals surface area contributed by atoms with Gasteiger partial charge in [-0.1, -0.05) is 12.1 Å². The Morgan fingerprint density at radius 1 is 0.897 bits per heavy atom. The van der Waals surface area contributed by atoms with Crippen molar-refractivity contribution in [1.29, 1.82) is 0 Å². The minimum atomic E-state index is -4.94. The lowest BCUT2D eigenvalue weighted by Crippen LogP contribution is -2.13. The van der Waals surface area contributed by atoms with Crippen molar-refractivity contribution in [1.82, 2.24) is 0 Å². The second-order valence-electron chi connectivity index (χ2n) is 6.07. The number of anilines is 2. The first-order valence-corrected chi connectivity index (χ1v) is 10.6. The number of phenolic OH excluding ortho intramolecular Hbond substituents is 1. The molecule has 29 heavy (non-hydrogen) atoms. The van der Waals surface area contributed by atoms with Crippen molar-refractivity contribution >= 4 is 48.2 Å². The topological polar surface area (TPSA) is 198 Å². The molecule has 3 rings (SSSR count). The lowest BCUT2D eigenvalue weighted by Gasteiger charge is -2.15. The Morgan fingerprint density at radius 3 is 2.07 bits per heavy atom. The Kier molecular flexibility index (Phi) is 4.75. The number of hydrogen-bond donors (Lipinski definition) is 5. The lowest BCUT2D eigenvalue weighted by atomic mass is 9.94. The van der Waals surface area contributed by atoms with Gasteiger partial charge < -0.3 is 16.6 Å². The van der Waals surface area contributed by atoms with Crippen LogP contribution in [0, 0.1) is 0 Å². The van der Waals surface area contributed by atoms with Gasteiger partial charge in [0.25, 0.3) is 20.2 Å². The minimum absolute atomic E-state index is 0.0383. The van der Waals surface area contributed by atoms with E-state index in [1.165, 1.54) is 18.2 Å². The largest absolute Gasteiger partial charge is 0.507 e. The average Bonchev–Trinajstić information content (AvgIpc) is 2.59. The van der Waals surface area contributed by atoms with Gasteiger partial charge in [0.15, 0.2) is 5.78 Å². The van der Waals surface area contributed by atoms with Crippen LogP contribution in [-0.4, -0.2) is 36.8 Å². The van der Waals surface area contributed by atoms with E-state index in [1.54, 1.807) is 6.07 Å². The van der Waals surface area contributed by atoms with Crippen LogP contribution in [0.15, 0.2) is 52.3 Å². The molecule has 0 fully saturated rings. The van der Waals surface area contributed by atoms with Gasteiger partial charge >= 0.3 is 0 Å². The quantitative estimate of drug-likeness (QED) is 0.225. The van der Waals surface area contributed by atoms with Crippen LogP contribution < -0.4 is 11.5 Å². The van der Waals surface area contributed by atoms with Gasteiger partial charge in [-0.25, -0.2) is 0 Å². The predicted octanol–water partition coefficient (Wildman–Crippen LogP) is 1.43. The monoisotopic (exact) mass is 438 g/mol. The van der Waals surface area contributed by atoms with E-state index >= 15 is 0 Å². The summed E-state index contributed by atoms with van der Waals surface area (Å²) in [6.45, 7) is 0. The molecule has 0 amide bonds. The van der Waals surface area contributed by atoms with Crippen LogP contribution in [0.25, 0.3) is 10.8 Å². The summed E-state index contributed by atoms with van der Waals surface area (Å²) < 4.78 is 65.1. The fourth-order valence-corrected chi connectivity index (χ4v) is 4.11. The van der Waals surface area contributed by atoms with E-state index in [9.17, 15) is 35.8 Å². The Morgan fingerprint density at radius 2 is 1.52 bits per heavy atom. The summed E-state index contributed by atoms with van der Waals surface area (Å²) in [4.78, 5) is 11.5. The number of phenols is 1. The van der Waals surface area contributed by atoms with Gasteiger partial charge in [0.1, 0.15) is 10.6 Å². The molecule has 0 aliphatic carbocycles. The molecule has 0 saturated carbocycles. The van der Waals surface area contributed by atoms with E-state index in [4.69, 9.17) is 11.5 Å². The highest BCUT2D eigenvalue weighted by Crippen LogP contribution is 2.39. The number of nitrogen functional groups attached to an aromatic ring is 2. The van der Waals surface area contributed by atoms with E-state index in [2.05, 4.69) is 0 Å². The molecule has 0 spiro atoms. The van der Waals surface area contributed by atoms with Crippen LogP contribution in [0.4, 0.5) is 11.4 Å². The summed E-state index contributed by atoms with van der Waals surface area (Å²) in [6, 6.07) is 8.07. The molecule has 0 heterocycles. The van der Waals surface area contributed by atoms with Crippen molar-refractivity contribution in [2.75, 3.05) is 11.5 Å². The maximum atomic E-state index is 13.1. The number of ketones is 1. The highest BCUT2D eigenvalue weighted by Gasteiger charge is 2.28. The van der Waals surface area contributed by atoms with Crippen LogP contribution in [0.5, 0.6) is 5.75 Å². The second-order valence-corrected chi connectivity index (χ2v) is 8.88. The third kappa shape index (κ3) is 3.61. The van der Waals surface area contributed by atoms with Gasteiger partial charge in [0.05, 0.1) is 16.1 Å². The molecular weight excluding hydrogens is 424 g/mol. The van der Waals surface area contributed by atoms with Crippen LogP contribution in [0.2, 0.25) is 0 Å². The van der Waals surface area contributed by atoms with Gasteiger partial charge in [-0.15, -0.1) is 0 Å². The number of para-hydroxylation sites is 1. The Balaban J connectivity index is 2.52. The molecule has 0 aromatic heterocycles. The number of rotatable bonds is 4. The highest BCUT2D eigenvalue weighted by atomic mass is 32.2. The maximum Gasteiger partial charge on any atom is 0.296 e. The summed E-state index contributed by atoms with van der Waals surface area (Å²) >= 11 is 0. The van der Waals surface area contributed by atoms with Gasteiger partial charge in [-0.05, 0) is 29.7 Å². The molecule has 3 aromatic carbocycles. The van der Waals surface area contributed by atoms with E-state index < -0.39 is 52.8 Å². The standard InChI is InChI=1S/C17H14N2O8S2/c18-11-4-2-1-3-10(11)17(21)15-14-8(6-13(16(15)19)29(25,26)27)5-9(7-12(14)20)28(22,23)24/h1-7,20H,18-19H2,(H,22,23,24)(H,25,26,27). The van der Waals surface area contributed by atoms with E-state index in [1.807, 2.05) is 0 Å². The molecule has 10 nitrogen and oxygen atoms in total. The molecular formula is C17H14N2O8S2. The van der Waals surface area contributed by atoms with Crippen molar-refractivity contribution in [3.05, 3.63) is 53.6 Å². The van der Waals surface area contributed by atoms with Crippen molar-refractivity contribution in [3.63, 3.8) is 0 Å². The zero-order valence-corrected chi connectivity index (χ0v) is 16.0. The van der Waals surface area contributed by atoms with Crippen LogP contribution >= 0.6 is 0 Å². The molecule has 0 bridgehead atoms. The van der Waals surface area contributed by atoms with E-state index in [-0.39, 0.29) is 22.0 Å². The fraction of sp³-hybridized carbons (Fsp3) is 0. The van der Waals surface area contributed by atoms with Gasteiger partial charge in [0.2, 0.25) is 0 Å². The number of carbonyl (C=O) groups is 1. The summed E-state index contributed by atoms with van der Waals surface area (Å²) in [5.41, 5.74) is 10.4. The number of nitrogens with two attached hydrogens (primary N) is 2. The first-order chi connectivity index (χ1) is 13.3. The van der Waals surface area contributed by atoms with Gasteiger partial charge in [-0.2, -0.15) is 16.8 Å². The minimum Gasteiger partial charge on any atom is -0.507 e. The predicted molar refractivity (Wildman–Crippen MR) is 104 cm³/mol. The third-order valence-electron chi connectivity index (χ3n) is 4.20. The maximum absolute atomic E-state index is 13.1. The van der Waals surface area contributed by atoms with Crippen molar-refractivity contribution < 1.29 is 35.8 Å². The van der Waals surface area contributed by atoms with Crippen molar-refractivity contribution in [3.8, 4) is 5.75 Å². The normalized spacial score (nSPS) is 12.2. The fourth-order valence-electron chi connectivity index (χ4n) is 2.92. The van der Waals surface area contributed by atoms with Crippen LogP contribution in [0.1, 0.15) is 15.9 Å². The summed E-state index contributed by atoms with van der Waals surface area (Å²) in [7, 11) is -9.71. The first kappa shape index (κ1) is 20.5. The van der Waals surface area contributed by atoms with Crippen molar-refractivity contribution in [2.45, 2.75) is 9.79 Å². The number of benzene rings is 3. The zero-order valence-electron chi connectivity index (χ0n) is 14.4. The molecule has 7 N–H and O–H groups in total. The molecule has 152 valence electrons. The van der Waals surface area contributed by atoms with Gasteiger partial charge in [-0.3, -0.25) is 13.9 Å². The Bertz CT molecular complexity index is 1400. The summed E-state index contributed by atoms with van der Waals surface area (Å²) in [5, 5.41) is 9.79. The molecule has 0 unspecified atom stereocenters. The third-order valence-corrected chi connectivity index (χ3v) is 5.93. The number of fused-ring (bicyclic) bond motifs is 1. The highest BCUT2D eigenvalue weighted by molar-refractivity contribution is 7.86. The molecule has 0 aliphatic heterocycles. The van der Waals surface area contributed by atoms with Crippen LogP contribution in [-0.2, 0) is 20.2 Å². The average molecular weight is 438 g/mol. The molecule has 0 atom stereocenters. The van der Waals surface area contributed by atoms with Crippen LogP contribution in [0.3, 0.4) is 0 Å². The second kappa shape index (κ2) is 6.70. The molecule has 0 aliphatic rings. The summed E-state index contributed by atoms with van der Waals surface area (Å²) in [5.74, 6) is -1.63. The smallest absolute Gasteiger partial charge is 0.296 e. The van der Waals surface area contributed by atoms with E-state index in [0.29, 0.717) is 6.07 Å².